The fourth-order valence-electron chi connectivity index (χ4n) is 2.52. The van der Waals surface area contributed by atoms with Gasteiger partial charge in [-0.25, -0.2) is 0 Å². The molecular formula is C14H19NOS. The number of nitrogens with one attached hydrogen (secondary N) is 1. The largest absolute Gasteiger partial charge is 0.491 e. The van der Waals surface area contributed by atoms with Crippen LogP contribution in [0.4, 0.5) is 5.69 Å². The molecule has 0 aromatic heterocycles. The first kappa shape index (κ1) is 11.3. The molecule has 0 radical (unpaired) electrons. The molecule has 2 heterocycles. The SMILES string of the molecule is c1cc2c(c(OCC3CCSC3)c1)NCCC2. The second-order valence-electron chi connectivity index (χ2n) is 4.86. The van der Waals surface area contributed by atoms with Crippen molar-refractivity contribution in [1.82, 2.24) is 0 Å². The van der Waals surface area contributed by atoms with E-state index in [1.807, 2.05) is 0 Å². The van der Waals surface area contributed by atoms with Crippen LogP contribution in [-0.2, 0) is 6.42 Å². The lowest BCUT2D eigenvalue weighted by Crippen LogP contribution is -2.15. The van der Waals surface area contributed by atoms with Crippen LogP contribution in [-0.4, -0.2) is 24.7 Å². The maximum Gasteiger partial charge on any atom is 0.142 e. The van der Waals surface area contributed by atoms with Gasteiger partial charge in [-0.05, 0) is 42.4 Å². The zero-order valence-electron chi connectivity index (χ0n) is 10.1. The van der Waals surface area contributed by atoms with Gasteiger partial charge in [0.15, 0.2) is 0 Å². The third-order valence-electron chi connectivity index (χ3n) is 3.54. The second kappa shape index (κ2) is 5.21. The predicted octanol–water partition coefficient (Wildman–Crippen LogP) is 3.18. The van der Waals surface area contributed by atoms with E-state index >= 15 is 0 Å². The topological polar surface area (TPSA) is 21.3 Å². The summed E-state index contributed by atoms with van der Waals surface area (Å²) in [6.45, 7) is 1.96. The summed E-state index contributed by atoms with van der Waals surface area (Å²) in [6, 6.07) is 6.42. The molecule has 2 nitrogen and oxygen atoms in total. The van der Waals surface area contributed by atoms with E-state index in [0.717, 1.165) is 24.8 Å². The minimum atomic E-state index is 0.749. The second-order valence-corrected chi connectivity index (χ2v) is 6.01. The molecule has 0 bridgehead atoms. The molecule has 0 aliphatic carbocycles. The lowest BCUT2D eigenvalue weighted by atomic mass is 10.0. The van der Waals surface area contributed by atoms with Gasteiger partial charge in [-0.1, -0.05) is 12.1 Å². The van der Waals surface area contributed by atoms with Gasteiger partial charge in [0.25, 0.3) is 0 Å². The molecule has 0 amide bonds. The van der Waals surface area contributed by atoms with E-state index < -0.39 is 0 Å². The van der Waals surface area contributed by atoms with Crippen molar-refractivity contribution in [1.29, 1.82) is 0 Å². The molecule has 0 saturated carbocycles. The van der Waals surface area contributed by atoms with Gasteiger partial charge in [0.1, 0.15) is 5.75 Å². The monoisotopic (exact) mass is 249 g/mol. The Morgan fingerprint density at radius 2 is 2.41 bits per heavy atom. The highest BCUT2D eigenvalue weighted by atomic mass is 32.2. The molecule has 2 aliphatic rings. The van der Waals surface area contributed by atoms with Gasteiger partial charge in [-0.15, -0.1) is 0 Å². The Labute approximate surface area is 107 Å². The number of rotatable bonds is 3. The summed E-state index contributed by atoms with van der Waals surface area (Å²) in [5.74, 6) is 4.38. The van der Waals surface area contributed by atoms with Crippen molar-refractivity contribution in [3.63, 3.8) is 0 Å². The standard InChI is InChI=1S/C14H19NOS/c1-3-12-4-2-7-15-14(12)13(5-1)16-9-11-6-8-17-10-11/h1,3,5,11,15H,2,4,6-10H2. The molecule has 2 aliphatic heterocycles. The summed E-state index contributed by atoms with van der Waals surface area (Å²) >= 11 is 2.05. The number of thioether (sulfide) groups is 1. The van der Waals surface area contributed by atoms with E-state index in [-0.39, 0.29) is 0 Å². The first-order chi connectivity index (χ1) is 8.43. The quantitative estimate of drug-likeness (QED) is 0.889. The smallest absolute Gasteiger partial charge is 0.142 e. The van der Waals surface area contributed by atoms with Crippen LogP contribution in [0.2, 0.25) is 0 Å². The average Bonchev–Trinajstić information content (AvgIpc) is 2.89. The average molecular weight is 249 g/mol. The molecule has 1 unspecified atom stereocenters. The van der Waals surface area contributed by atoms with E-state index in [4.69, 9.17) is 4.74 Å². The molecule has 1 aromatic carbocycles. The molecule has 92 valence electrons. The molecule has 1 N–H and O–H groups in total. The number of benzene rings is 1. The summed E-state index contributed by atoms with van der Waals surface area (Å²) in [6.07, 6.45) is 3.72. The third-order valence-corrected chi connectivity index (χ3v) is 4.77. The first-order valence-electron chi connectivity index (χ1n) is 6.50. The van der Waals surface area contributed by atoms with Crippen LogP contribution in [0.15, 0.2) is 18.2 Å². The number of aryl methyl sites for hydroxylation is 1. The van der Waals surface area contributed by atoms with Crippen molar-refractivity contribution in [2.75, 3.05) is 30.0 Å². The normalized spacial score (nSPS) is 22.9. The van der Waals surface area contributed by atoms with E-state index in [1.165, 1.54) is 42.0 Å². The van der Waals surface area contributed by atoms with Gasteiger partial charge in [-0.3, -0.25) is 0 Å². The summed E-state index contributed by atoms with van der Waals surface area (Å²) in [5, 5.41) is 3.48. The Morgan fingerprint density at radius 3 is 3.29 bits per heavy atom. The fourth-order valence-corrected chi connectivity index (χ4v) is 3.78. The number of para-hydroxylation sites is 1. The molecule has 1 aromatic rings. The van der Waals surface area contributed by atoms with Gasteiger partial charge < -0.3 is 10.1 Å². The van der Waals surface area contributed by atoms with E-state index in [0.29, 0.717) is 0 Å². The van der Waals surface area contributed by atoms with Crippen molar-refractivity contribution in [3.05, 3.63) is 23.8 Å². The Bertz CT molecular complexity index is 388. The van der Waals surface area contributed by atoms with Gasteiger partial charge in [0.05, 0.1) is 12.3 Å². The number of anilines is 1. The van der Waals surface area contributed by atoms with Crippen LogP contribution in [0.5, 0.6) is 5.75 Å². The minimum Gasteiger partial charge on any atom is -0.491 e. The molecule has 17 heavy (non-hydrogen) atoms. The maximum absolute atomic E-state index is 6.01. The van der Waals surface area contributed by atoms with Crippen molar-refractivity contribution in [2.24, 2.45) is 5.92 Å². The van der Waals surface area contributed by atoms with Crippen LogP contribution >= 0.6 is 11.8 Å². The Balaban J connectivity index is 1.69. The summed E-state index contributed by atoms with van der Waals surface area (Å²) < 4.78 is 6.01. The van der Waals surface area contributed by atoms with Crippen LogP contribution in [0, 0.1) is 5.92 Å². The molecule has 3 rings (SSSR count). The van der Waals surface area contributed by atoms with E-state index in [1.54, 1.807) is 0 Å². The van der Waals surface area contributed by atoms with Crippen molar-refractivity contribution in [3.8, 4) is 5.75 Å². The number of hydrogen-bond donors (Lipinski definition) is 1. The predicted molar refractivity (Wildman–Crippen MR) is 74.2 cm³/mol. The van der Waals surface area contributed by atoms with Crippen LogP contribution < -0.4 is 10.1 Å². The van der Waals surface area contributed by atoms with Crippen molar-refractivity contribution >= 4 is 17.4 Å². The Hall–Kier alpha value is -0.830. The van der Waals surface area contributed by atoms with Gasteiger partial charge >= 0.3 is 0 Å². The third kappa shape index (κ3) is 2.54. The lowest BCUT2D eigenvalue weighted by molar-refractivity contribution is 0.264. The zero-order valence-corrected chi connectivity index (χ0v) is 10.9. The van der Waals surface area contributed by atoms with Gasteiger partial charge in [0.2, 0.25) is 0 Å². The molecule has 1 saturated heterocycles. The lowest BCUT2D eigenvalue weighted by Gasteiger charge is -2.22. The molecular weight excluding hydrogens is 230 g/mol. The summed E-state index contributed by atoms with van der Waals surface area (Å²) in [4.78, 5) is 0. The molecule has 1 fully saturated rings. The maximum atomic E-state index is 6.01. The number of fused-ring (bicyclic) bond motifs is 1. The molecule has 3 heteroatoms. The summed E-state index contributed by atoms with van der Waals surface area (Å²) in [5.41, 5.74) is 2.65. The van der Waals surface area contributed by atoms with Crippen LogP contribution in [0.1, 0.15) is 18.4 Å². The van der Waals surface area contributed by atoms with E-state index in [2.05, 4.69) is 35.3 Å². The molecule has 1 atom stereocenters. The number of ether oxygens (including phenoxy) is 1. The Morgan fingerprint density at radius 1 is 1.41 bits per heavy atom. The zero-order chi connectivity index (χ0) is 11.5. The fraction of sp³-hybridized carbons (Fsp3) is 0.571. The first-order valence-corrected chi connectivity index (χ1v) is 7.65. The van der Waals surface area contributed by atoms with Gasteiger partial charge in [0, 0.05) is 12.5 Å². The Kier molecular flexibility index (Phi) is 3.46. The molecule has 0 spiro atoms. The van der Waals surface area contributed by atoms with Crippen molar-refractivity contribution < 1.29 is 4.74 Å². The van der Waals surface area contributed by atoms with Gasteiger partial charge in [-0.2, -0.15) is 11.8 Å². The van der Waals surface area contributed by atoms with Crippen LogP contribution in [0.3, 0.4) is 0 Å². The minimum absolute atomic E-state index is 0.749. The van der Waals surface area contributed by atoms with Crippen LogP contribution in [0.25, 0.3) is 0 Å². The summed E-state index contributed by atoms with van der Waals surface area (Å²) in [7, 11) is 0. The highest BCUT2D eigenvalue weighted by Crippen LogP contribution is 2.33. The highest BCUT2D eigenvalue weighted by molar-refractivity contribution is 7.99. The van der Waals surface area contributed by atoms with E-state index in [9.17, 15) is 0 Å². The van der Waals surface area contributed by atoms with Crippen molar-refractivity contribution in [2.45, 2.75) is 19.3 Å². The number of hydrogen-bond acceptors (Lipinski definition) is 3. The highest BCUT2D eigenvalue weighted by Gasteiger charge is 2.18.